The van der Waals surface area contributed by atoms with E-state index in [1.54, 1.807) is 0 Å². The summed E-state index contributed by atoms with van der Waals surface area (Å²) < 4.78 is 0. The Hall–Kier alpha value is -2.54. The van der Waals surface area contributed by atoms with Gasteiger partial charge in [-0.05, 0) is 25.5 Å². The average molecular weight is 400 g/mol. The molecule has 7 heteroatoms. The van der Waals surface area contributed by atoms with Crippen LogP contribution in [-0.4, -0.2) is 54.4 Å². The monoisotopic (exact) mass is 399 g/mol. The van der Waals surface area contributed by atoms with E-state index in [9.17, 15) is 9.59 Å². The highest BCUT2D eigenvalue weighted by molar-refractivity contribution is 8.00. The van der Waals surface area contributed by atoms with Crippen molar-refractivity contribution in [2.45, 2.75) is 13.8 Å². The summed E-state index contributed by atoms with van der Waals surface area (Å²) in [6, 6.07) is 10.0. The Labute approximate surface area is 170 Å². The second-order valence-corrected chi connectivity index (χ2v) is 7.97. The molecular formula is C21H27N4O2S+. The van der Waals surface area contributed by atoms with E-state index in [0.717, 1.165) is 24.3 Å². The van der Waals surface area contributed by atoms with Crippen molar-refractivity contribution in [3.8, 4) is 0 Å². The standard InChI is InChI=1S/C21H26N4O2S/c1-16-3-4-19(17(2)13-16)23-20(26)14-28-15-21(27)25-11-9-24(10-12-25)18-5-7-22-8-6-18/h3-8,13H,9-12,14-15H2,1-2H3,(H,23,26)/p+1. The third-order valence-electron chi connectivity index (χ3n) is 4.81. The minimum atomic E-state index is -0.0737. The van der Waals surface area contributed by atoms with Crippen LogP contribution in [0.25, 0.3) is 0 Å². The van der Waals surface area contributed by atoms with Crippen molar-refractivity contribution in [1.82, 2.24) is 4.90 Å². The van der Waals surface area contributed by atoms with Gasteiger partial charge in [-0.2, -0.15) is 0 Å². The highest BCUT2D eigenvalue weighted by atomic mass is 32.2. The smallest absolute Gasteiger partial charge is 0.234 e. The molecule has 3 rings (SSSR count). The zero-order valence-electron chi connectivity index (χ0n) is 16.4. The maximum atomic E-state index is 12.4. The van der Waals surface area contributed by atoms with Crippen molar-refractivity contribution in [2.24, 2.45) is 0 Å². The van der Waals surface area contributed by atoms with Crippen LogP contribution in [0.4, 0.5) is 11.4 Å². The first kappa shape index (κ1) is 20.2. The van der Waals surface area contributed by atoms with Crippen molar-refractivity contribution in [3.63, 3.8) is 0 Å². The van der Waals surface area contributed by atoms with Gasteiger partial charge in [-0.1, -0.05) is 17.7 Å². The molecule has 0 radical (unpaired) electrons. The van der Waals surface area contributed by atoms with Gasteiger partial charge in [0.1, 0.15) is 0 Å². The maximum Gasteiger partial charge on any atom is 0.234 e. The number of anilines is 2. The fourth-order valence-corrected chi connectivity index (χ4v) is 3.98. The lowest BCUT2D eigenvalue weighted by molar-refractivity contribution is -0.377. The molecule has 0 aliphatic carbocycles. The van der Waals surface area contributed by atoms with Crippen LogP contribution in [0.1, 0.15) is 11.1 Å². The molecule has 2 N–H and O–H groups in total. The number of carbonyl (C=O) groups is 2. The average Bonchev–Trinajstić information content (AvgIpc) is 2.71. The van der Waals surface area contributed by atoms with Crippen LogP contribution in [0.2, 0.25) is 0 Å². The normalized spacial score (nSPS) is 14.1. The number of aryl methyl sites for hydroxylation is 2. The summed E-state index contributed by atoms with van der Waals surface area (Å²) in [7, 11) is 0. The minimum Gasteiger partial charge on any atom is -0.368 e. The molecule has 2 amide bonds. The Bertz CT molecular complexity index is 820. The van der Waals surface area contributed by atoms with Crippen molar-refractivity contribution in [3.05, 3.63) is 53.9 Å². The number of aromatic amines is 1. The van der Waals surface area contributed by atoms with Gasteiger partial charge >= 0.3 is 0 Å². The molecule has 148 valence electrons. The Morgan fingerprint density at radius 1 is 1.04 bits per heavy atom. The zero-order chi connectivity index (χ0) is 19.9. The van der Waals surface area contributed by atoms with Crippen molar-refractivity contribution >= 4 is 35.0 Å². The number of carbonyl (C=O) groups excluding carboxylic acids is 2. The predicted octanol–water partition coefficient (Wildman–Crippen LogP) is 2.14. The molecule has 2 heterocycles. The number of aromatic nitrogens is 1. The molecule has 1 fully saturated rings. The Morgan fingerprint density at radius 2 is 1.75 bits per heavy atom. The number of nitrogens with one attached hydrogen (secondary N) is 2. The van der Waals surface area contributed by atoms with Crippen LogP contribution in [0.3, 0.4) is 0 Å². The SMILES string of the molecule is Cc1ccc(NC(=O)CSCC(=O)N2CCN(c3cc[nH+]cc3)CC2)c(C)c1. The van der Waals surface area contributed by atoms with Crippen molar-refractivity contribution in [1.29, 1.82) is 0 Å². The lowest BCUT2D eigenvalue weighted by atomic mass is 10.1. The number of nitrogens with zero attached hydrogens (tertiary/aromatic N) is 2. The largest absolute Gasteiger partial charge is 0.368 e. The molecule has 0 unspecified atom stereocenters. The summed E-state index contributed by atoms with van der Waals surface area (Å²) in [5.41, 5.74) is 4.21. The first-order valence-corrected chi connectivity index (χ1v) is 10.6. The zero-order valence-corrected chi connectivity index (χ0v) is 17.2. The number of rotatable bonds is 6. The summed E-state index contributed by atoms with van der Waals surface area (Å²) in [4.78, 5) is 31.8. The molecule has 1 aliphatic rings. The van der Waals surface area contributed by atoms with E-state index in [2.05, 4.69) is 15.2 Å². The van der Waals surface area contributed by atoms with E-state index in [1.165, 1.54) is 23.0 Å². The fourth-order valence-electron chi connectivity index (χ4n) is 3.27. The van der Waals surface area contributed by atoms with Gasteiger partial charge in [0, 0.05) is 49.7 Å². The van der Waals surface area contributed by atoms with Crippen molar-refractivity contribution in [2.75, 3.05) is 47.9 Å². The van der Waals surface area contributed by atoms with Crippen LogP contribution < -0.4 is 15.2 Å². The van der Waals surface area contributed by atoms with Gasteiger partial charge in [0.2, 0.25) is 11.8 Å². The fraction of sp³-hybridized carbons (Fsp3) is 0.381. The van der Waals surface area contributed by atoms with Gasteiger partial charge in [-0.25, -0.2) is 4.98 Å². The summed E-state index contributed by atoms with van der Waals surface area (Å²) in [5, 5.41) is 2.92. The second kappa shape index (κ2) is 9.59. The van der Waals surface area contributed by atoms with E-state index in [4.69, 9.17) is 0 Å². The lowest BCUT2D eigenvalue weighted by Crippen LogP contribution is -2.49. The second-order valence-electron chi connectivity index (χ2n) is 6.99. The number of hydrogen-bond donors (Lipinski definition) is 1. The first-order chi connectivity index (χ1) is 13.5. The van der Waals surface area contributed by atoms with Gasteiger partial charge in [0.15, 0.2) is 12.4 Å². The van der Waals surface area contributed by atoms with E-state index in [-0.39, 0.29) is 17.6 Å². The third kappa shape index (κ3) is 5.48. The summed E-state index contributed by atoms with van der Waals surface area (Å²) in [5.74, 6) is 0.640. The van der Waals surface area contributed by atoms with Crippen LogP contribution in [0, 0.1) is 13.8 Å². The molecule has 1 aliphatic heterocycles. The van der Waals surface area contributed by atoms with Crippen LogP contribution in [0.15, 0.2) is 42.7 Å². The first-order valence-electron chi connectivity index (χ1n) is 9.46. The summed E-state index contributed by atoms with van der Waals surface area (Å²) >= 11 is 1.37. The number of thioether (sulfide) groups is 1. The number of piperazine rings is 1. The quantitative estimate of drug-likeness (QED) is 0.808. The Balaban J connectivity index is 1.38. The molecular weight excluding hydrogens is 372 g/mol. The molecule has 2 aromatic rings. The molecule has 1 aromatic heterocycles. The minimum absolute atomic E-state index is 0.0737. The lowest BCUT2D eigenvalue weighted by Gasteiger charge is -2.35. The highest BCUT2D eigenvalue weighted by Crippen LogP contribution is 2.17. The number of hydrogen-bond acceptors (Lipinski definition) is 4. The molecule has 0 bridgehead atoms. The highest BCUT2D eigenvalue weighted by Gasteiger charge is 2.21. The molecule has 1 aromatic carbocycles. The molecule has 0 spiro atoms. The van der Waals surface area contributed by atoms with E-state index in [0.29, 0.717) is 18.8 Å². The maximum absolute atomic E-state index is 12.4. The Kier molecular flexibility index (Phi) is 6.92. The Morgan fingerprint density at radius 3 is 2.43 bits per heavy atom. The molecule has 0 saturated carbocycles. The summed E-state index contributed by atoms with van der Waals surface area (Å²) in [6.45, 7) is 7.09. The third-order valence-corrected chi connectivity index (χ3v) is 5.73. The van der Waals surface area contributed by atoms with Gasteiger partial charge in [-0.15, -0.1) is 11.8 Å². The number of pyridine rings is 1. The predicted molar refractivity (Wildman–Crippen MR) is 114 cm³/mol. The van der Waals surface area contributed by atoms with Crippen LogP contribution >= 0.6 is 11.8 Å². The molecule has 28 heavy (non-hydrogen) atoms. The topological polar surface area (TPSA) is 66.8 Å². The van der Waals surface area contributed by atoms with E-state index >= 15 is 0 Å². The van der Waals surface area contributed by atoms with Gasteiger partial charge < -0.3 is 15.1 Å². The number of benzene rings is 1. The number of amides is 2. The molecule has 6 nitrogen and oxygen atoms in total. The van der Waals surface area contributed by atoms with E-state index < -0.39 is 0 Å². The molecule has 0 atom stereocenters. The van der Waals surface area contributed by atoms with Crippen LogP contribution in [-0.2, 0) is 9.59 Å². The van der Waals surface area contributed by atoms with E-state index in [1.807, 2.05) is 61.5 Å². The van der Waals surface area contributed by atoms with Crippen molar-refractivity contribution < 1.29 is 14.6 Å². The van der Waals surface area contributed by atoms with Gasteiger partial charge in [0.05, 0.1) is 11.5 Å². The van der Waals surface area contributed by atoms with Gasteiger partial charge in [-0.3, -0.25) is 9.59 Å². The summed E-state index contributed by atoms with van der Waals surface area (Å²) in [6.07, 6.45) is 3.82. The van der Waals surface area contributed by atoms with Gasteiger partial charge in [0.25, 0.3) is 0 Å². The van der Waals surface area contributed by atoms with Crippen LogP contribution in [0.5, 0.6) is 0 Å². The number of H-pyrrole nitrogens is 1. The molecule has 1 saturated heterocycles.